The summed E-state index contributed by atoms with van der Waals surface area (Å²) in [5.41, 5.74) is 0.568. The number of esters is 1. The first-order valence-electron chi connectivity index (χ1n) is 12.1. The van der Waals surface area contributed by atoms with Gasteiger partial charge in [0.15, 0.2) is 12.4 Å². The number of carbonyl (C=O) groups is 2. The summed E-state index contributed by atoms with van der Waals surface area (Å²) in [6.45, 7) is 2.10. The molecule has 170 valence electrons. The molecule has 0 aliphatic rings. The molecule has 0 aliphatic heterocycles. The molecule has 0 unspecified atom stereocenters. The van der Waals surface area contributed by atoms with Crippen molar-refractivity contribution in [2.75, 3.05) is 6.61 Å². The SMILES string of the molecule is CCCCCCCCCCCCCCCCCC(=O)OCC(=O)c1ccc(Br)cc1. The minimum Gasteiger partial charge on any atom is -0.457 e. The Morgan fingerprint density at radius 3 is 1.60 bits per heavy atom. The van der Waals surface area contributed by atoms with Gasteiger partial charge < -0.3 is 4.74 Å². The van der Waals surface area contributed by atoms with Crippen LogP contribution in [-0.4, -0.2) is 18.4 Å². The smallest absolute Gasteiger partial charge is 0.306 e. The van der Waals surface area contributed by atoms with Crippen LogP contribution in [0.15, 0.2) is 28.7 Å². The van der Waals surface area contributed by atoms with Gasteiger partial charge in [-0.05, 0) is 18.6 Å². The Morgan fingerprint density at radius 2 is 1.13 bits per heavy atom. The van der Waals surface area contributed by atoms with Crippen molar-refractivity contribution in [3.05, 3.63) is 34.3 Å². The number of ether oxygens (including phenoxy) is 1. The quantitative estimate of drug-likeness (QED) is 0.113. The highest BCUT2D eigenvalue weighted by Crippen LogP contribution is 2.14. The highest BCUT2D eigenvalue weighted by molar-refractivity contribution is 9.10. The van der Waals surface area contributed by atoms with Gasteiger partial charge in [0.1, 0.15) is 0 Å². The Bertz CT molecular complexity index is 568. The van der Waals surface area contributed by atoms with E-state index in [9.17, 15) is 9.59 Å². The zero-order valence-electron chi connectivity index (χ0n) is 18.9. The van der Waals surface area contributed by atoms with Crippen LogP contribution in [0.25, 0.3) is 0 Å². The Hall–Kier alpha value is -1.16. The van der Waals surface area contributed by atoms with Crippen LogP contribution in [-0.2, 0) is 9.53 Å². The third-order valence-corrected chi connectivity index (χ3v) is 6.04. The highest BCUT2D eigenvalue weighted by atomic mass is 79.9. The van der Waals surface area contributed by atoms with Crippen molar-refractivity contribution in [1.82, 2.24) is 0 Å². The van der Waals surface area contributed by atoms with E-state index in [4.69, 9.17) is 4.74 Å². The van der Waals surface area contributed by atoms with E-state index in [0.29, 0.717) is 12.0 Å². The number of hydrogen-bond acceptors (Lipinski definition) is 3. The maximum atomic E-state index is 12.0. The fraction of sp³-hybridized carbons (Fsp3) is 0.692. The summed E-state index contributed by atoms with van der Waals surface area (Å²) in [6, 6.07) is 7.08. The number of unbranched alkanes of at least 4 members (excludes halogenated alkanes) is 14. The van der Waals surface area contributed by atoms with Gasteiger partial charge in [-0.1, -0.05) is 125 Å². The highest BCUT2D eigenvalue weighted by Gasteiger charge is 2.09. The fourth-order valence-corrected chi connectivity index (χ4v) is 3.84. The van der Waals surface area contributed by atoms with Gasteiger partial charge in [0.2, 0.25) is 0 Å². The van der Waals surface area contributed by atoms with Crippen molar-refractivity contribution < 1.29 is 14.3 Å². The number of Topliss-reactive ketones (excluding diaryl/α,β-unsaturated/α-hetero) is 1. The summed E-state index contributed by atoms with van der Waals surface area (Å²) in [6.07, 6.45) is 20.0. The van der Waals surface area contributed by atoms with Crippen LogP contribution in [0, 0.1) is 0 Å². The lowest BCUT2D eigenvalue weighted by Crippen LogP contribution is -2.13. The summed E-state index contributed by atoms with van der Waals surface area (Å²) < 4.78 is 6.03. The molecule has 1 aromatic rings. The molecule has 0 saturated carbocycles. The van der Waals surface area contributed by atoms with E-state index in [2.05, 4.69) is 22.9 Å². The van der Waals surface area contributed by atoms with E-state index in [-0.39, 0.29) is 18.4 Å². The summed E-state index contributed by atoms with van der Waals surface area (Å²) in [5.74, 6) is -0.428. The van der Waals surface area contributed by atoms with Crippen molar-refractivity contribution in [3.8, 4) is 0 Å². The Labute approximate surface area is 192 Å². The lowest BCUT2D eigenvalue weighted by Gasteiger charge is -2.05. The molecule has 3 nitrogen and oxygen atoms in total. The minimum absolute atomic E-state index is 0.160. The van der Waals surface area contributed by atoms with Gasteiger partial charge >= 0.3 is 5.97 Å². The lowest BCUT2D eigenvalue weighted by atomic mass is 10.0. The van der Waals surface area contributed by atoms with Crippen molar-refractivity contribution >= 4 is 27.7 Å². The normalized spacial score (nSPS) is 10.9. The molecule has 0 spiro atoms. The molecule has 0 atom stereocenters. The molecule has 0 N–H and O–H groups in total. The zero-order valence-corrected chi connectivity index (χ0v) is 20.5. The predicted octanol–water partition coefficient (Wildman–Crippen LogP) is 8.44. The van der Waals surface area contributed by atoms with Crippen molar-refractivity contribution in [2.45, 2.75) is 110 Å². The summed E-state index contributed by atoms with van der Waals surface area (Å²) >= 11 is 3.34. The molecule has 0 heterocycles. The lowest BCUT2D eigenvalue weighted by molar-refractivity contribution is -0.142. The van der Waals surface area contributed by atoms with E-state index in [1.54, 1.807) is 12.1 Å². The number of hydrogen-bond donors (Lipinski definition) is 0. The van der Waals surface area contributed by atoms with Gasteiger partial charge in [-0.15, -0.1) is 0 Å². The van der Waals surface area contributed by atoms with Gasteiger partial charge in [0.05, 0.1) is 0 Å². The third kappa shape index (κ3) is 14.8. The largest absolute Gasteiger partial charge is 0.457 e. The molecule has 30 heavy (non-hydrogen) atoms. The maximum absolute atomic E-state index is 12.0. The maximum Gasteiger partial charge on any atom is 0.306 e. The molecular formula is C26H41BrO3. The van der Waals surface area contributed by atoms with E-state index < -0.39 is 0 Å². The predicted molar refractivity (Wildman–Crippen MR) is 129 cm³/mol. The third-order valence-electron chi connectivity index (χ3n) is 5.51. The molecule has 4 heteroatoms. The first kappa shape index (κ1) is 26.9. The Morgan fingerprint density at radius 1 is 0.700 bits per heavy atom. The zero-order chi connectivity index (χ0) is 21.9. The van der Waals surface area contributed by atoms with Crippen molar-refractivity contribution in [3.63, 3.8) is 0 Å². The second-order valence-electron chi connectivity index (χ2n) is 8.29. The number of rotatable bonds is 19. The van der Waals surface area contributed by atoms with Gasteiger partial charge in [-0.2, -0.15) is 0 Å². The second kappa shape index (κ2) is 18.6. The summed E-state index contributed by atoms with van der Waals surface area (Å²) in [5, 5.41) is 0. The van der Waals surface area contributed by atoms with Crippen LogP contribution in [0.5, 0.6) is 0 Å². The van der Waals surface area contributed by atoms with Crippen LogP contribution in [0.3, 0.4) is 0 Å². The molecule has 0 aromatic heterocycles. The molecule has 1 aromatic carbocycles. The number of carbonyl (C=O) groups excluding carboxylic acids is 2. The second-order valence-corrected chi connectivity index (χ2v) is 9.21. The molecule has 0 fully saturated rings. The molecular weight excluding hydrogens is 440 g/mol. The van der Waals surface area contributed by atoms with E-state index in [1.807, 2.05) is 12.1 Å². The Balaban J connectivity index is 1.86. The summed E-state index contributed by atoms with van der Waals surface area (Å²) in [7, 11) is 0. The van der Waals surface area contributed by atoms with Gasteiger partial charge in [0, 0.05) is 16.5 Å². The van der Waals surface area contributed by atoms with Crippen molar-refractivity contribution in [2.24, 2.45) is 0 Å². The van der Waals surface area contributed by atoms with Gasteiger partial charge in [0.25, 0.3) is 0 Å². The monoisotopic (exact) mass is 480 g/mol. The van der Waals surface area contributed by atoms with E-state index >= 15 is 0 Å². The van der Waals surface area contributed by atoms with Crippen LogP contribution < -0.4 is 0 Å². The first-order chi connectivity index (χ1) is 14.6. The molecule has 0 radical (unpaired) electrons. The number of benzene rings is 1. The van der Waals surface area contributed by atoms with Crippen LogP contribution in [0.1, 0.15) is 120 Å². The van der Waals surface area contributed by atoms with Crippen molar-refractivity contribution in [1.29, 1.82) is 0 Å². The van der Waals surface area contributed by atoms with E-state index in [0.717, 1.165) is 17.3 Å². The van der Waals surface area contributed by atoms with E-state index in [1.165, 1.54) is 83.5 Å². The molecule has 0 bridgehead atoms. The van der Waals surface area contributed by atoms with Gasteiger partial charge in [-0.3, -0.25) is 9.59 Å². The van der Waals surface area contributed by atoms with Crippen LogP contribution in [0.4, 0.5) is 0 Å². The fourth-order valence-electron chi connectivity index (χ4n) is 3.58. The minimum atomic E-state index is -0.268. The topological polar surface area (TPSA) is 43.4 Å². The molecule has 0 amide bonds. The Kier molecular flexibility index (Phi) is 16.7. The van der Waals surface area contributed by atoms with Crippen LogP contribution in [0.2, 0.25) is 0 Å². The number of halogens is 1. The molecule has 1 rings (SSSR count). The molecule has 0 aliphatic carbocycles. The summed E-state index contributed by atoms with van der Waals surface area (Å²) in [4.78, 5) is 23.8. The average Bonchev–Trinajstić information content (AvgIpc) is 2.75. The first-order valence-corrected chi connectivity index (χ1v) is 12.9. The standard InChI is InChI=1S/C26H41BrO3/c1-2-3-4-5-6-7-8-9-10-11-12-13-14-15-16-17-26(29)30-22-25(28)23-18-20-24(27)21-19-23/h18-21H,2-17,22H2,1H3. The van der Waals surface area contributed by atoms with Gasteiger partial charge in [-0.25, -0.2) is 0 Å². The van der Waals surface area contributed by atoms with Crippen LogP contribution >= 0.6 is 15.9 Å². The molecule has 0 saturated heterocycles. The average molecular weight is 482 g/mol. The number of ketones is 1.